The van der Waals surface area contributed by atoms with Crippen LogP contribution in [0.25, 0.3) is 0 Å². The maximum atomic E-state index is 13.2. The molecule has 1 N–H and O–H groups in total. The van der Waals surface area contributed by atoms with E-state index in [9.17, 15) is 14.5 Å². The molecule has 1 aromatic rings. The smallest absolute Gasteiger partial charge is 0.292 e. The molecule has 106 valence electrons. The van der Waals surface area contributed by atoms with Gasteiger partial charge in [0.25, 0.3) is 5.69 Å². The fourth-order valence-corrected chi connectivity index (χ4v) is 2.34. The molecule has 1 aliphatic heterocycles. The van der Waals surface area contributed by atoms with Crippen LogP contribution in [-0.2, 0) is 0 Å². The molecule has 0 spiro atoms. The van der Waals surface area contributed by atoms with Crippen LogP contribution in [0, 0.1) is 27.3 Å². The Labute approximate surface area is 116 Å². The van der Waals surface area contributed by atoms with Crippen molar-refractivity contribution in [2.24, 2.45) is 0 Å². The Bertz CT molecular complexity index is 536. The van der Waals surface area contributed by atoms with Gasteiger partial charge in [0, 0.05) is 31.3 Å². The van der Waals surface area contributed by atoms with Gasteiger partial charge in [-0.3, -0.25) is 15.0 Å². The topological polar surface area (TPSA) is 82.2 Å². The summed E-state index contributed by atoms with van der Waals surface area (Å²) in [5.41, 5.74) is 0.0968. The quantitative estimate of drug-likeness (QED) is 0.518. The maximum Gasteiger partial charge on any atom is 0.292 e. The van der Waals surface area contributed by atoms with E-state index < -0.39 is 10.7 Å². The molecule has 1 heterocycles. The second-order valence-electron chi connectivity index (χ2n) is 4.77. The Kier molecular flexibility index (Phi) is 4.48. The average molecular weight is 278 g/mol. The highest BCUT2D eigenvalue weighted by Crippen LogP contribution is 2.27. The highest BCUT2D eigenvalue weighted by Gasteiger charge is 2.22. The van der Waals surface area contributed by atoms with Crippen LogP contribution < -0.4 is 5.32 Å². The molecule has 0 unspecified atom stereocenters. The number of anilines is 1. The van der Waals surface area contributed by atoms with Gasteiger partial charge in [-0.05, 0) is 18.9 Å². The van der Waals surface area contributed by atoms with E-state index >= 15 is 0 Å². The SMILES string of the molecule is N#CCN1CCC(Nc2cc(F)ccc2[N+](=O)[O-])CC1. The molecule has 6 nitrogen and oxygen atoms in total. The van der Waals surface area contributed by atoms with Gasteiger partial charge in [0.2, 0.25) is 0 Å². The number of piperidine rings is 1. The molecule has 0 aromatic heterocycles. The maximum absolute atomic E-state index is 13.2. The van der Waals surface area contributed by atoms with Crippen molar-refractivity contribution >= 4 is 11.4 Å². The number of nitrogens with zero attached hydrogens (tertiary/aromatic N) is 3. The van der Waals surface area contributed by atoms with E-state index in [-0.39, 0.29) is 17.4 Å². The number of nitro groups is 1. The lowest BCUT2D eigenvalue weighted by Gasteiger charge is -2.31. The van der Waals surface area contributed by atoms with Crippen molar-refractivity contribution in [1.29, 1.82) is 5.26 Å². The fourth-order valence-electron chi connectivity index (χ4n) is 2.34. The normalized spacial score (nSPS) is 16.6. The van der Waals surface area contributed by atoms with Crippen LogP contribution in [0.15, 0.2) is 18.2 Å². The number of likely N-dealkylation sites (tertiary alicyclic amines) is 1. The van der Waals surface area contributed by atoms with Gasteiger partial charge in [-0.1, -0.05) is 0 Å². The third kappa shape index (κ3) is 3.42. The van der Waals surface area contributed by atoms with E-state index in [0.717, 1.165) is 38.1 Å². The lowest BCUT2D eigenvalue weighted by Crippen LogP contribution is -2.39. The number of nitro benzene ring substituents is 1. The zero-order valence-electron chi connectivity index (χ0n) is 10.9. The predicted molar refractivity (Wildman–Crippen MR) is 71.8 cm³/mol. The number of rotatable bonds is 4. The second-order valence-corrected chi connectivity index (χ2v) is 4.77. The molecule has 7 heteroatoms. The highest BCUT2D eigenvalue weighted by atomic mass is 19.1. The van der Waals surface area contributed by atoms with Gasteiger partial charge in [0.15, 0.2) is 0 Å². The first-order chi connectivity index (χ1) is 9.60. The summed E-state index contributed by atoms with van der Waals surface area (Å²) in [6.07, 6.45) is 1.55. The van der Waals surface area contributed by atoms with Crippen LogP contribution in [0.4, 0.5) is 15.8 Å². The number of hydrogen-bond donors (Lipinski definition) is 1. The molecule has 0 aliphatic carbocycles. The van der Waals surface area contributed by atoms with Crippen LogP contribution in [0.5, 0.6) is 0 Å². The first-order valence-corrected chi connectivity index (χ1v) is 6.40. The molecule has 2 rings (SSSR count). The zero-order chi connectivity index (χ0) is 14.5. The number of nitriles is 1. The Morgan fingerprint density at radius 3 is 2.80 bits per heavy atom. The molecular weight excluding hydrogens is 263 g/mol. The Hall–Kier alpha value is -2.20. The summed E-state index contributed by atoms with van der Waals surface area (Å²) in [4.78, 5) is 12.4. The summed E-state index contributed by atoms with van der Waals surface area (Å²) in [6.45, 7) is 1.91. The van der Waals surface area contributed by atoms with Crippen LogP contribution in [-0.4, -0.2) is 35.5 Å². The van der Waals surface area contributed by atoms with Crippen molar-refractivity contribution < 1.29 is 9.31 Å². The summed E-state index contributed by atoms with van der Waals surface area (Å²) in [5, 5.41) is 22.6. The number of hydrogen-bond acceptors (Lipinski definition) is 5. The van der Waals surface area contributed by atoms with Crippen LogP contribution >= 0.6 is 0 Å². The van der Waals surface area contributed by atoms with Crippen molar-refractivity contribution in [1.82, 2.24) is 4.90 Å². The minimum Gasteiger partial charge on any atom is -0.377 e. The van der Waals surface area contributed by atoms with Gasteiger partial charge in [0.05, 0.1) is 17.5 Å². The monoisotopic (exact) mass is 278 g/mol. The van der Waals surface area contributed by atoms with E-state index in [0.29, 0.717) is 6.54 Å². The molecule has 0 atom stereocenters. The molecular formula is C13H15FN4O2. The lowest BCUT2D eigenvalue weighted by atomic mass is 10.0. The average Bonchev–Trinajstić information content (AvgIpc) is 2.41. The summed E-state index contributed by atoms with van der Waals surface area (Å²) in [7, 11) is 0. The van der Waals surface area contributed by atoms with Crippen molar-refractivity contribution in [3.63, 3.8) is 0 Å². The van der Waals surface area contributed by atoms with Crippen molar-refractivity contribution in [3.8, 4) is 6.07 Å². The largest absolute Gasteiger partial charge is 0.377 e. The van der Waals surface area contributed by atoms with Crippen LogP contribution in [0.2, 0.25) is 0 Å². The number of nitrogens with one attached hydrogen (secondary N) is 1. The van der Waals surface area contributed by atoms with Crippen LogP contribution in [0.3, 0.4) is 0 Å². The summed E-state index contributed by atoms with van der Waals surface area (Å²) < 4.78 is 13.2. The molecule has 1 aliphatic rings. The highest BCUT2D eigenvalue weighted by molar-refractivity contribution is 5.61. The third-order valence-corrected chi connectivity index (χ3v) is 3.40. The van der Waals surface area contributed by atoms with Crippen LogP contribution in [0.1, 0.15) is 12.8 Å². The van der Waals surface area contributed by atoms with Gasteiger partial charge >= 0.3 is 0 Å². The van der Waals surface area contributed by atoms with E-state index in [1.54, 1.807) is 0 Å². The number of benzene rings is 1. The van der Waals surface area contributed by atoms with Gasteiger partial charge < -0.3 is 5.32 Å². The molecule has 20 heavy (non-hydrogen) atoms. The zero-order valence-corrected chi connectivity index (χ0v) is 10.9. The Morgan fingerprint density at radius 1 is 1.50 bits per heavy atom. The van der Waals surface area contributed by atoms with Gasteiger partial charge in [0.1, 0.15) is 11.5 Å². The van der Waals surface area contributed by atoms with E-state index in [2.05, 4.69) is 11.4 Å². The molecule has 1 saturated heterocycles. The minimum absolute atomic E-state index is 0.0606. The van der Waals surface area contributed by atoms with Crippen molar-refractivity contribution in [3.05, 3.63) is 34.1 Å². The summed E-state index contributed by atoms with van der Waals surface area (Å²) >= 11 is 0. The van der Waals surface area contributed by atoms with Crippen molar-refractivity contribution in [2.75, 3.05) is 25.0 Å². The first-order valence-electron chi connectivity index (χ1n) is 6.40. The second kappa shape index (κ2) is 6.30. The molecule has 0 saturated carbocycles. The standard InChI is InChI=1S/C13H15FN4O2/c14-10-1-2-13(18(19)20)12(9-10)16-11-3-6-17(7-4-11)8-5-15/h1-2,9,11,16H,3-4,6-8H2. The van der Waals surface area contributed by atoms with E-state index in [1.807, 2.05) is 4.90 Å². The van der Waals surface area contributed by atoms with Gasteiger partial charge in [-0.2, -0.15) is 5.26 Å². The third-order valence-electron chi connectivity index (χ3n) is 3.40. The molecule has 1 fully saturated rings. The van der Waals surface area contributed by atoms with Gasteiger partial charge in [-0.15, -0.1) is 0 Å². The van der Waals surface area contributed by atoms with E-state index in [4.69, 9.17) is 5.26 Å². The van der Waals surface area contributed by atoms with Crippen molar-refractivity contribution in [2.45, 2.75) is 18.9 Å². The summed E-state index contributed by atoms with van der Waals surface area (Å²) in [5.74, 6) is -0.500. The Balaban J connectivity index is 2.02. The summed E-state index contributed by atoms with van der Waals surface area (Å²) in [6, 6.07) is 5.56. The molecule has 0 radical (unpaired) electrons. The van der Waals surface area contributed by atoms with Gasteiger partial charge in [-0.25, -0.2) is 4.39 Å². The fraction of sp³-hybridized carbons (Fsp3) is 0.462. The molecule has 0 bridgehead atoms. The lowest BCUT2D eigenvalue weighted by molar-refractivity contribution is -0.384. The predicted octanol–water partition coefficient (Wildman–Crippen LogP) is 2.13. The molecule has 0 amide bonds. The molecule has 1 aromatic carbocycles. The van der Waals surface area contributed by atoms with E-state index in [1.165, 1.54) is 6.07 Å². The number of halogens is 1. The minimum atomic E-state index is -0.521. The first kappa shape index (κ1) is 14.2. The Morgan fingerprint density at radius 2 is 2.20 bits per heavy atom.